The van der Waals surface area contributed by atoms with Crippen LogP contribution in [0.1, 0.15) is 34.6 Å². The van der Waals surface area contributed by atoms with Crippen molar-refractivity contribution in [2.24, 2.45) is 5.92 Å². The summed E-state index contributed by atoms with van der Waals surface area (Å²) in [6.07, 6.45) is -0.200. The smallest absolute Gasteiger partial charge is 0.228 e. The van der Waals surface area contributed by atoms with Crippen LogP contribution in [0.15, 0.2) is 0 Å². The van der Waals surface area contributed by atoms with Gasteiger partial charge in [0.15, 0.2) is 14.1 Å². The predicted octanol–water partition coefficient (Wildman–Crippen LogP) is 2.10. The van der Waals surface area contributed by atoms with Crippen molar-refractivity contribution in [1.29, 1.82) is 0 Å². The van der Waals surface area contributed by atoms with Gasteiger partial charge in [-0.05, 0) is 32.0 Å². The lowest BCUT2D eigenvalue weighted by atomic mass is 9.84. The zero-order chi connectivity index (χ0) is 14.3. The fourth-order valence-electron chi connectivity index (χ4n) is 1.95. The van der Waals surface area contributed by atoms with Crippen LogP contribution in [0.3, 0.4) is 0 Å². The van der Waals surface area contributed by atoms with Crippen LogP contribution in [-0.4, -0.2) is 32.2 Å². The Bertz CT molecular complexity index is 360. The number of hydrogen-bond donors (Lipinski definition) is 1. The van der Waals surface area contributed by atoms with Crippen LogP contribution in [0.25, 0.3) is 0 Å². The predicted molar refractivity (Wildman–Crippen MR) is 73.8 cm³/mol. The number of nitrogens with one attached hydrogen (secondary N) is 1. The van der Waals surface area contributed by atoms with Crippen molar-refractivity contribution in [3.63, 3.8) is 0 Å². The van der Waals surface area contributed by atoms with Gasteiger partial charge < -0.3 is 9.74 Å². The molecule has 0 spiro atoms. The number of hydrogen-bond acceptors (Lipinski definition) is 3. The first-order valence-electron chi connectivity index (χ1n) is 6.46. The summed E-state index contributed by atoms with van der Waals surface area (Å²) in [5.41, 5.74) is 0. The van der Waals surface area contributed by atoms with Crippen molar-refractivity contribution in [3.8, 4) is 0 Å². The molecular formula is C13H25NO3Si. The Balaban J connectivity index is 2.74. The van der Waals surface area contributed by atoms with Crippen LogP contribution < -0.4 is 5.32 Å². The number of β-lactam (4-membered cyclic amide) rings is 1. The molecule has 1 N–H and O–H groups in total. The molecule has 1 fully saturated rings. The molecule has 0 aromatic carbocycles. The number of amides is 1. The van der Waals surface area contributed by atoms with Crippen molar-refractivity contribution in [3.05, 3.63) is 0 Å². The third-order valence-electron chi connectivity index (χ3n) is 4.19. The van der Waals surface area contributed by atoms with Gasteiger partial charge >= 0.3 is 0 Å². The summed E-state index contributed by atoms with van der Waals surface area (Å²) in [6, 6.07) is -0.364. The van der Waals surface area contributed by atoms with Gasteiger partial charge in [0.2, 0.25) is 5.91 Å². The first-order valence-corrected chi connectivity index (χ1v) is 9.37. The molecule has 3 atom stereocenters. The van der Waals surface area contributed by atoms with Gasteiger partial charge in [-0.3, -0.25) is 9.59 Å². The highest BCUT2D eigenvalue weighted by molar-refractivity contribution is 6.74. The van der Waals surface area contributed by atoms with Crippen LogP contribution in [0.5, 0.6) is 0 Å². The third-order valence-corrected chi connectivity index (χ3v) is 8.76. The van der Waals surface area contributed by atoms with E-state index in [4.69, 9.17) is 4.43 Å². The second-order valence-corrected chi connectivity index (χ2v) is 11.5. The molecule has 0 radical (unpaired) electrons. The molecule has 0 aromatic rings. The molecule has 1 heterocycles. The van der Waals surface area contributed by atoms with Crippen molar-refractivity contribution >= 4 is 20.0 Å². The summed E-state index contributed by atoms with van der Waals surface area (Å²) in [4.78, 5) is 23.0. The Kier molecular flexibility index (Phi) is 4.08. The SMILES string of the molecule is CC(=O)[C@@H]1NC(=O)[C@H]1[C@@H](C)O[Si](C)(C)C(C)(C)C. The van der Waals surface area contributed by atoms with Gasteiger partial charge in [-0.25, -0.2) is 0 Å². The monoisotopic (exact) mass is 271 g/mol. The molecule has 1 saturated heterocycles. The Morgan fingerprint density at radius 1 is 1.39 bits per heavy atom. The van der Waals surface area contributed by atoms with Gasteiger partial charge in [0.1, 0.15) is 6.04 Å². The van der Waals surface area contributed by atoms with E-state index < -0.39 is 8.32 Å². The molecule has 1 rings (SSSR count). The minimum atomic E-state index is -1.90. The fraction of sp³-hybridized carbons (Fsp3) is 0.846. The van der Waals surface area contributed by atoms with E-state index in [1.165, 1.54) is 6.92 Å². The van der Waals surface area contributed by atoms with E-state index in [0.717, 1.165) is 0 Å². The van der Waals surface area contributed by atoms with E-state index in [1.54, 1.807) is 0 Å². The summed E-state index contributed by atoms with van der Waals surface area (Å²) in [5, 5.41) is 2.75. The summed E-state index contributed by atoms with van der Waals surface area (Å²) >= 11 is 0. The second kappa shape index (κ2) is 4.77. The molecule has 0 unspecified atom stereocenters. The molecule has 0 aromatic heterocycles. The minimum Gasteiger partial charge on any atom is -0.413 e. The quantitative estimate of drug-likeness (QED) is 0.629. The fourth-order valence-corrected chi connectivity index (χ4v) is 3.38. The van der Waals surface area contributed by atoms with Crippen LogP contribution >= 0.6 is 0 Å². The lowest BCUT2D eigenvalue weighted by molar-refractivity contribution is -0.146. The molecule has 4 nitrogen and oxygen atoms in total. The van der Waals surface area contributed by atoms with Gasteiger partial charge in [0.25, 0.3) is 0 Å². The van der Waals surface area contributed by atoms with Crippen LogP contribution in [0.4, 0.5) is 0 Å². The van der Waals surface area contributed by atoms with E-state index >= 15 is 0 Å². The number of carbonyl (C=O) groups is 2. The Morgan fingerprint density at radius 2 is 1.89 bits per heavy atom. The molecule has 1 amide bonds. The van der Waals surface area contributed by atoms with E-state index in [0.29, 0.717) is 0 Å². The first-order chi connectivity index (χ1) is 7.97. The van der Waals surface area contributed by atoms with Gasteiger partial charge in [-0.15, -0.1) is 0 Å². The summed E-state index contributed by atoms with van der Waals surface area (Å²) in [5.74, 6) is -0.386. The van der Waals surface area contributed by atoms with E-state index in [9.17, 15) is 9.59 Å². The maximum Gasteiger partial charge on any atom is 0.228 e. The van der Waals surface area contributed by atoms with Gasteiger partial charge in [-0.2, -0.15) is 0 Å². The lowest BCUT2D eigenvalue weighted by Gasteiger charge is -2.44. The second-order valence-electron chi connectivity index (χ2n) is 6.71. The normalized spacial score (nSPS) is 26.3. The molecule has 104 valence electrons. The van der Waals surface area contributed by atoms with Gasteiger partial charge in [0.05, 0.1) is 12.0 Å². The minimum absolute atomic E-state index is 0.00489. The van der Waals surface area contributed by atoms with Gasteiger partial charge in [-0.1, -0.05) is 20.8 Å². The van der Waals surface area contributed by atoms with Gasteiger partial charge in [0, 0.05) is 0 Å². The number of rotatable bonds is 4. The van der Waals surface area contributed by atoms with Crippen LogP contribution in [0, 0.1) is 5.92 Å². The maximum absolute atomic E-state index is 11.6. The highest BCUT2D eigenvalue weighted by Gasteiger charge is 2.48. The van der Waals surface area contributed by atoms with Crippen molar-refractivity contribution < 1.29 is 14.0 Å². The van der Waals surface area contributed by atoms with Crippen LogP contribution in [0.2, 0.25) is 18.1 Å². The Morgan fingerprint density at radius 3 is 2.22 bits per heavy atom. The number of carbonyl (C=O) groups excluding carboxylic acids is 2. The van der Waals surface area contributed by atoms with Crippen molar-refractivity contribution in [1.82, 2.24) is 5.32 Å². The molecule has 0 bridgehead atoms. The zero-order valence-corrected chi connectivity index (χ0v) is 13.5. The van der Waals surface area contributed by atoms with E-state index in [2.05, 4.69) is 39.2 Å². The summed E-state index contributed by atoms with van der Waals surface area (Å²) in [6.45, 7) is 14.2. The van der Waals surface area contributed by atoms with Crippen molar-refractivity contribution in [2.45, 2.75) is 64.9 Å². The molecule has 1 aliphatic rings. The standard InChI is InChI=1S/C13H25NO3Si/c1-8(15)11-10(12(16)14-11)9(2)17-18(6,7)13(3,4)5/h9-11H,1-7H3,(H,14,16)/t9-,10+,11+/m1/s1. The molecular weight excluding hydrogens is 246 g/mol. The first kappa shape index (κ1) is 15.4. The average molecular weight is 271 g/mol. The van der Waals surface area contributed by atoms with E-state index in [-0.39, 0.29) is 34.8 Å². The van der Waals surface area contributed by atoms with Crippen LogP contribution in [-0.2, 0) is 14.0 Å². The van der Waals surface area contributed by atoms with Crippen molar-refractivity contribution in [2.75, 3.05) is 0 Å². The highest BCUT2D eigenvalue weighted by atomic mass is 28.4. The average Bonchev–Trinajstić information content (AvgIpc) is 2.10. The zero-order valence-electron chi connectivity index (χ0n) is 12.5. The third kappa shape index (κ3) is 2.83. The topological polar surface area (TPSA) is 55.4 Å². The maximum atomic E-state index is 11.6. The number of ketones is 1. The molecule has 0 aliphatic carbocycles. The Labute approximate surface area is 111 Å². The lowest BCUT2D eigenvalue weighted by Crippen LogP contribution is -2.66. The highest BCUT2D eigenvalue weighted by Crippen LogP contribution is 2.38. The number of Topliss-reactive ketones (excluding diaryl/α,β-unsaturated/α-hetero) is 1. The molecule has 5 heteroatoms. The summed E-state index contributed by atoms with van der Waals surface area (Å²) < 4.78 is 6.18. The molecule has 0 saturated carbocycles. The van der Waals surface area contributed by atoms with E-state index in [1.807, 2.05) is 6.92 Å². The Hall–Kier alpha value is -0.683. The largest absolute Gasteiger partial charge is 0.413 e. The summed E-state index contributed by atoms with van der Waals surface area (Å²) in [7, 11) is -1.90. The molecule has 1 aliphatic heterocycles. The molecule has 18 heavy (non-hydrogen) atoms.